The minimum atomic E-state index is 0.187. The summed E-state index contributed by atoms with van der Waals surface area (Å²) < 4.78 is 0. The summed E-state index contributed by atoms with van der Waals surface area (Å²) in [4.78, 5) is 8.40. The molecule has 6 N–H and O–H groups in total. The van der Waals surface area contributed by atoms with Gasteiger partial charge in [-0.05, 0) is 19.8 Å². The molecule has 0 bridgehead atoms. The van der Waals surface area contributed by atoms with Crippen LogP contribution in [0.5, 0.6) is 0 Å². The lowest BCUT2D eigenvalue weighted by atomic mass is 10.2. The highest BCUT2D eigenvalue weighted by atomic mass is 16.2. The van der Waals surface area contributed by atoms with Gasteiger partial charge in [0, 0.05) is 12.6 Å². The van der Waals surface area contributed by atoms with Gasteiger partial charge in [-0.25, -0.2) is 5.84 Å². The molecule has 2 aromatic rings. The molecule has 0 radical (unpaired) electrons. The fourth-order valence-electron chi connectivity index (χ4n) is 1.71. The Morgan fingerprint density at radius 2 is 2.33 bits per heavy atom. The van der Waals surface area contributed by atoms with Crippen molar-refractivity contribution in [2.24, 2.45) is 5.84 Å². The number of anilines is 2. The number of nitrogen functional groups attached to an aromatic ring is 1. The summed E-state index contributed by atoms with van der Waals surface area (Å²) in [6.07, 6.45) is 3.26. The lowest BCUT2D eigenvalue weighted by molar-refractivity contribution is 0.282. The van der Waals surface area contributed by atoms with Crippen LogP contribution in [0.2, 0.25) is 0 Å². The molecule has 98 valence electrons. The summed E-state index contributed by atoms with van der Waals surface area (Å²) in [5.74, 6) is 6.32. The first-order chi connectivity index (χ1) is 8.74. The van der Waals surface area contributed by atoms with Gasteiger partial charge in [-0.3, -0.25) is 10.5 Å². The number of aromatic nitrogens is 4. The largest absolute Gasteiger partial charge is 0.396 e. The Hall–Kier alpha value is -1.93. The smallest absolute Gasteiger partial charge is 0.241 e. The number of fused-ring (bicyclic) bond motifs is 1. The lowest BCUT2D eigenvalue weighted by Crippen LogP contribution is -2.18. The number of aliphatic hydroxyl groups is 1. The van der Waals surface area contributed by atoms with Crippen LogP contribution in [-0.2, 0) is 0 Å². The van der Waals surface area contributed by atoms with Crippen LogP contribution in [0.3, 0.4) is 0 Å². The fraction of sp³-hybridized carbons (Fsp3) is 0.500. The number of hydrogen-bond acceptors (Lipinski definition) is 7. The van der Waals surface area contributed by atoms with Gasteiger partial charge >= 0.3 is 0 Å². The monoisotopic (exact) mass is 251 g/mol. The molecule has 0 aliphatic heterocycles. The second-order valence-corrected chi connectivity index (χ2v) is 4.08. The van der Waals surface area contributed by atoms with Crippen molar-refractivity contribution in [1.82, 2.24) is 20.2 Å². The number of aromatic amines is 1. The van der Waals surface area contributed by atoms with E-state index in [2.05, 4.69) is 30.9 Å². The zero-order valence-electron chi connectivity index (χ0n) is 10.1. The Morgan fingerprint density at radius 1 is 1.50 bits per heavy atom. The predicted octanol–water partition coefficient (Wildman–Crippen LogP) is 0.211. The Bertz CT molecular complexity index is 512. The van der Waals surface area contributed by atoms with E-state index in [0.29, 0.717) is 17.4 Å². The highest BCUT2D eigenvalue weighted by molar-refractivity contribution is 5.87. The van der Waals surface area contributed by atoms with E-state index in [0.717, 1.165) is 18.2 Å². The van der Waals surface area contributed by atoms with Crippen molar-refractivity contribution >= 4 is 22.8 Å². The van der Waals surface area contributed by atoms with Gasteiger partial charge in [-0.15, -0.1) is 0 Å². The van der Waals surface area contributed by atoms with Gasteiger partial charge in [0.05, 0.1) is 11.6 Å². The second-order valence-electron chi connectivity index (χ2n) is 4.08. The highest BCUT2D eigenvalue weighted by Gasteiger charge is 2.11. The lowest BCUT2D eigenvalue weighted by Gasteiger charge is -2.14. The van der Waals surface area contributed by atoms with Crippen LogP contribution in [0, 0.1) is 0 Å². The number of rotatable bonds is 6. The maximum absolute atomic E-state index is 8.81. The predicted molar refractivity (Wildman–Crippen MR) is 68.9 cm³/mol. The van der Waals surface area contributed by atoms with Crippen molar-refractivity contribution in [1.29, 1.82) is 0 Å². The molecule has 0 saturated heterocycles. The third-order valence-electron chi connectivity index (χ3n) is 2.62. The highest BCUT2D eigenvalue weighted by Crippen LogP contribution is 2.20. The SMILES string of the molecule is CC(CCCO)Nc1nc(NN)nc2[nH]ncc12. The first-order valence-corrected chi connectivity index (χ1v) is 5.79. The molecule has 18 heavy (non-hydrogen) atoms. The van der Waals surface area contributed by atoms with E-state index in [1.807, 2.05) is 6.92 Å². The van der Waals surface area contributed by atoms with Gasteiger partial charge in [0.2, 0.25) is 5.95 Å². The van der Waals surface area contributed by atoms with Crippen molar-refractivity contribution in [3.63, 3.8) is 0 Å². The molecule has 0 aromatic carbocycles. The molecule has 8 nitrogen and oxygen atoms in total. The topological polar surface area (TPSA) is 125 Å². The summed E-state index contributed by atoms with van der Waals surface area (Å²) in [6, 6.07) is 0.191. The number of nitrogens with two attached hydrogens (primary N) is 1. The molecule has 2 aromatic heterocycles. The van der Waals surface area contributed by atoms with Gasteiger partial charge in [-0.2, -0.15) is 15.1 Å². The van der Waals surface area contributed by atoms with E-state index in [1.165, 1.54) is 0 Å². The van der Waals surface area contributed by atoms with Crippen LogP contribution in [0.4, 0.5) is 11.8 Å². The molecule has 1 atom stereocenters. The average Bonchev–Trinajstić information content (AvgIpc) is 2.84. The van der Waals surface area contributed by atoms with Crippen molar-refractivity contribution in [3.8, 4) is 0 Å². The van der Waals surface area contributed by atoms with E-state index in [1.54, 1.807) is 6.20 Å². The molecule has 8 heteroatoms. The fourth-order valence-corrected chi connectivity index (χ4v) is 1.71. The summed E-state index contributed by atoms with van der Waals surface area (Å²) in [7, 11) is 0. The molecule has 0 fully saturated rings. The van der Waals surface area contributed by atoms with E-state index < -0.39 is 0 Å². The molecule has 2 rings (SSSR count). The van der Waals surface area contributed by atoms with Gasteiger partial charge in [0.25, 0.3) is 0 Å². The Morgan fingerprint density at radius 3 is 3.06 bits per heavy atom. The van der Waals surface area contributed by atoms with Crippen LogP contribution in [-0.4, -0.2) is 37.9 Å². The van der Waals surface area contributed by atoms with E-state index in [-0.39, 0.29) is 12.6 Å². The summed E-state index contributed by atoms with van der Waals surface area (Å²) in [5.41, 5.74) is 3.04. The van der Waals surface area contributed by atoms with E-state index in [9.17, 15) is 0 Å². The second kappa shape index (κ2) is 5.61. The molecule has 0 spiro atoms. The average molecular weight is 251 g/mol. The van der Waals surface area contributed by atoms with Crippen LogP contribution in [0.1, 0.15) is 19.8 Å². The summed E-state index contributed by atoms with van der Waals surface area (Å²) >= 11 is 0. The molecular weight excluding hydrogens is 234 g/mol. The van der Waals surface area contributed by atoms with Crippen molar-refractivity contribution in [2.75, 3.05) is 17.3 Å². The summed E-state index contributed by atoms with van der Waals surface area (Å²) in [5, 5.41) is 19.6. The van der Waals surface area contributed by atoms with Crippen LogP contribution >= 0.6 is 0 Å². The molecule has 0 aliphatic carbocycles. The van der Waals surface area contributed by atoms with Crippen LogP contribution < -0.4 is 16.6 Å². The van der Waals surface area contributed by atoms with Gasteiger partial charge in [0.1, 0.15) is 5.82 Å². The first kappa shape index (κ1) is 12.5. The quantitative estimate of drug-likeness (QED) is 0.367. The number of hydrogen-bond donors (Lipinski definition) is 5. The molecule has 1 unspecified atom stereocenters. The normalized spacial score (nSPS) is 12.6. The number of H-pyrrole nitrogens is 1. The minimum Gasteiger partial charge on any atom is -0.396 e. The van der Waals surface area contributed by atoms with E-state index in [4.69, 9.17) is 10.9 Å². The van der Waals surface area contributed by atoms with Gasteiger partial charge in [0.15, 0.2) is 5.65 Å². The Labute approximate surface area is 104 Å². The number of aliphatic hydroxyl groups excluding tert-OH is 1. The number of nitrogens with zero attached hydrogens (tertiary/aromatic N) is 3. The zero-order chi connectivity index (χ0) is 13.0. The van der Waals surface area contributed by atoms with Gasteiger partial charge in [-0.1, -0.05) is 0 Å². The molecule has 0 aliphatic rings. The van der Waals surface area contributed by atoms with Crippen molar-refractivity contribution in [2.45, 2.75) is 25.8 Å². The third kappa shape index (κ3) is 2.66. The molecule has 2 heterocycles. The Balaban J connectivity index is 2.22. The standard InChI is InChI=1S/C10H17N7O/c1-6(3-2-4-18)13-8-7-5-12-17-9(7)15-10(14-8)16-11/h5-6,18H,2-4,11H2,1H3,(H3,12,13,14,15,16,17). The molecule has 0 saturated carbocycles. The summed E-state index contributed by atoms with van der Waals surface area (Å²) in [6.45, 7) is 2.21. The zero-order valence-corrected chi connectivity index (χ0v) is 10.1. The van der Waals surface area contributed by atoms with Crippen LogP contribution in [0.25, 0.3) is 11.0 Å². The maximum Gasteiger partial charge on any atom is 0.241 e. The number of hydrazine groups is 1. The van der Waals surface area contributed by atoms with Gasteiger partial charge < -0.3 is 10.4 Å². The van der Waals surface area contributed by atoms with E-state index >= 15 is 0 Å². The number of nitrogens with one attached hydrogen (secondary N) is 3. The minimum absolute atomic E-state index is 0.187. The molecular formula is C10H17N7O. The Kier molecular flexibility index (Phi) is 3.90. The molecule has 0 amide bonds. The van der Waals surface area contributed by atoms with Crippen molar-refractivity contribution < 1.29 is 5.11 Å². The van der Waals surface area contributed by atoms with Crippen LogP contribution in [0.15, 0.2) is 6.20 Å². The van der Waals surface area contributed by atoms with Crippen molar-refractivity contribution in [3.05, 3.63) is 6.20 Å². The first-order valence-electron chi connectivity index (χ1n) is 5.79. The maximum atomic E-state index is 8.81. The third-order valence-corrected chi connectivity index (χ3v) is 2.62.